The molecule has 136 valence electrons. The second-order valence-corrected chi connectivity index (χ2v) is 5.69. The van der Waals surface area contributed by atoms with Gasteiger partial charge in [0.2, 0.25) is 11.9 Å². The number of hydrogen-bond donors (Lipinski definition) is 2. The Balaban J connectivity index is 2.22. The van der Waals surface area contributed by atoms with E-state index in [0.29, 0.717) is 11.1 Å². The monoisotopic (exact) mass is 364 g/mol. The van der Waals surface area contributed by atoms with Crippen LogP contribution in [0.25, 0.3) is 5.57 Å². The Morgan fingerprint density at radius 3 is 2.52 bits per heavy atom. The highest BCUT2D eigenvalue weighted by Crippen LogP contribution is 2.28. The van der Waals surface area contributed by atoms with Gasteiger partial charge >= 0.3 is 0 Å². The van der Waals surface area contributed by atoms with E-state index in [-0.39, 0.29) is 23.0 Å². The average Bonchev–Trinajstić information content (AvgIpc) is 3.12. The standard InChI is InChI=1S/C20H17FN4O2/c1-23-18(26)12-16(13-5-3-2-4-6-13)17-11-14(21)7-8-15(17)19(27)25-10-9-24-20(25)22/h2-12H,1H3,(H2,22,24)(H,23,26)/b16-12+. The molecule has 0 bridgehead atoms. The molecule has 0 fully saturated rings. The van der Waals surface area contributed by atoms with E-state index >= 15 is 0 Å². The predicted octanol–water partition coefficient (Wildman–Crippen LogP) is 2.47. The summed E-state index contributed by atoms with van der Waals surface area (Å²) in [5, 5.41) is 2.51. The lowest BCUT2D eigenvalue weighted by Crippen LogP contribution is -2.18. The normalized spacial score (nSPS) is 11.3. The van der Waals surface area contributed by atoms with Crippen molar-refractivity contribution in [3.8, 4) is 0 Å². The van der Waals surface area contributed by atoms with Gasteiger partial charge in [0.15, 0.2) is 0 Å². The van der Waals surface area contributed by atoms with Gasteiger partial charge in [-0.05, 0) is 34.9 Å². The summed E-state index contributed by atoms with van der Waals surface area (Å²) in [6.07, 6.45) is 4.16. The fourth-order valence-electron chi connectivity index (χ4n) is 2.68. The summed E-state index contributed by atoms with van der Waals surface area (Å²) in [6, 6.07) is 12.7. The molecule has 0 spiro atoms. The minimum Gasteiger partial charge on any atom is -0.369 e. The summed E-state index contributed by atoms with van der Waals surface area (Å²) in [4.78, 5) is 28.8. The van der Waals surface area contributed by atoms with Crippen molar-refractivity contribution >= 4 is 23.3 Å². The van der Waals surface area contributed by atoms with E-state index in [2.05, 4.69) is 10.3 Å². The summed E-state index contributed by atoms with van der Waals surface area (Å²) in [5.41, 5.74) is 7.28. The number of likely N-dealkylation sites (N-methyl/N-ethyl adjacent to an activating group) is 1. The largest absolute Gasteiger partial charge is 0.369 e. The first-order chi connectivity index (χ1) is 13.0. The van der Waals surface area contributed by atoms with Gasteiger partial charge in [0.1, 0.15) is 5.82 Å². The highest BCUT2D eigenvalue weighted by Gasteiger charge is 2.20. The molecular weight excluding hydrogens is 347 g/mol. The van der Waals surface area contributed by atoms with Crippen LogP contribution >= 0.6 is 0 Å². The van der Waals surface area contributed by atoms with Crippen molar-refractivity contribution in [3.63, 3.8) is 0 Å². The van der Waals surface area contributed by atoms with Gasteiger partial charge in [0, 0.05) is 31.1 Å². The molecule has 3 aromatic rings. The molecule has 7 heteroatoms. The molecule has 1 aromatic heterocycles. The maximum atomic E-state index is 14.0. The zero-order chi connectivity index (χ0) is 19.4. The number of nitrogens with two attached hydrogens (primary N) is 1. The molecular formula is C20H17FN4O2. The van der Waals surface area contributed by atoms with Gasteiger partial charge in [0.05, 0.1) is 0 Å². The number of nitrogens with one attached hydrogen (secondary N) is 1. The van der Waals surface area contributed by atoms with Crippen molar-refractivity contribution in [2.45, 2.75) is 0 Å². The molecule has 0 aliphatic heterocycles. The number of halogens is 1. The third-order valence-corrected chi connectivity index (χ3v) is 4.00. The quantitative estimate of drug-likeness (QED) is 0.696. The Morgan fingerprint density at radius 1 is 1.15 bits per heavy atom. The summed E-state index contributed by atoms with van der Waals surface area (Å²) in [6.45, 7) is 0. The molecule has 1 heterocycles. The molecule has 0 atom stereocenters. The number of rotatable bonds is 4. The molecule has 6 nitrogen and oxygen atoms in total. The minimum atomic E-state index is -0.529. The Hall–Kier alpha value is -3.74. The Kier molecular flexibility index (Phi) is 5.12. The summed E-state index contributed by atoms with van der Waals surface area (Å²) < 4.78 is 15.2. The SMILES string of the molecule is CNC(=O)/C=C(\c1ccccc1)c1cc(F)ccc1C(=O)n1ccnc1N. The van der Waals surface area contributed by atoms with Crippen LogP contribution in [0.15, 0.2) is 67.0 Å². The smallest absolute Gasteiger partial charge is 0.265 e. The Labute approximate surface area is 155 Å². The van der Waals surface area contributed by atoms with Crippen molar-refractivity contribution < 1.29 is 14.0 Å². The number of nitrogens with zero attached hydrogens (tertiary/aromatic N) is 2. The molecule has 27 heavy (non-hydrogen) atoms. The van der Waals surface area contributed by atoms with Crippen molar-refractivity contribution in [2.75, 3.05) is 12.8 Å². The Bertz CT molecular complexity index is 1030. The molecule has 0 radical (unpaired) electrons. The van der Waals surface area contributed by atoms with Gasteiger partial charge in [-0.25, -0.2) is 9.37 Å². The van der Waals surface area contributed by atoms with Gasteiger partial charge in [-0.2, -0.15) is 0 Å². The van der Waals surface area contributed by atoms with E-state index in [1.54, 1.807) is 24.3 Å². The number of anilines is 1. The lowest BCUT2D eigenvalue weighted by molar-refractivity contribution is -0.116. The zero-order valence-electron chi connectivity index (χ0n) is 14.5. The van der Waals surface area contributed by atoms with Crippen molar-refractivity contribution in [1.29, 1.82) is 0 Å². The average molecular weight is 364 g/mol. The topological polar surface area (TPSA) is 90.0 Å². The highest BCUT2D eigenvalue weighted by molar-refractivity contribution is 6.06. The molecule has 3 N–H and O–H groups in total. The van der Waals surface area contributed by atoms with Crippen molar-refractivity contribution in [3.05, 3.63) is 89.5 Å². The van der Waals surface area contributed by atoms with Crippen LogP contribution in [0.5, 0.6) is 0 Å². The Morgan fingerprint density at radius 2 is 1.89 bits per heavy atom. The molecule has 0 aliphatic rings. The molecule has 0 saturated heterocycles. The van der Waals surface area contributed by atoms with Gasteiger partial charge in [-0.15, -0.1) is 0 Å². The summed E-state index contributed by atoms with van der Waals surface area (Å²) >= 11 is 0. The van der Waals surface area contributed by atoms with Crippen LogP contribution in [0.4, 0.5) is 10.3 Å². The second-order valence-electron chi connectivity index (χ2n) is 5.69. The van der Waals surface area contributed by atoms with E-state index in [0.717, 1.165) is 0 Å². The summed E-state index contributed by atoms with van der Waals surface area (Å²) in [7, 11) is 1.49. The van der Waals surface area contributed by atoms with Gasteiger partial charge in [0.25, 0.3) is 5.91 Å². The number of hydrogen-bond acceptors (Lipinski definition) is 4. The third-order valence-electron chi connectivity index (χ3n) is 4.00. The second kappa shape index (κ2) is 7.65. The minimum absolute atomic E-state index is 0.0202. The molecule has 3 rings (SSSR count). The van der Waals surface area contributed by atoms with Gasteiger partial charge in [-0.1, -0.05) is 30.3 Å². The molecule has 1 amide bonds. The predicted molar refractivity (Wildman–Crippen MR) is 100 cm³/mol. The van der Waals surface area contributed by atoms with Crippen LogP contribution in [-0.4, -0.2) is 28.4 Å². The fourth-order valence-corrected chi connectivity index (χ4v) is 2.68. The van der Waals surface area contributed by atoms with Crippen molar-refractivity contribution in [2.24, 2.45) is 0 Å². The summed E-state index contributed by atoms with van der Waals surface area (Å²) in [5.74, 6) is -1.36. The van der Waals surface area contributed by atoms with E-state index in [1.807, 2.05) is 6.07 Å². The first kappa shape index (κ1) is 18.1. The van der Waals surface area contributed by atoms with Crippen LogP contribution in [0.2, 0.25) is 0 Å². The van der Waals surface area contributed by atoms with Crippen LogP contribution in [0, 0.1) is 5.82 Å². The highest BCUT2D eigenvalue weighted by atomic mass is 19.1. The number of imidazole rings is 1. The van der Waals surface area contributed by atoms with Crippen LogP contribution in [0.1, 0.15) is 21.5 Å². The van der Waals surface area contributed by atoms with Crippen LogP contribution in [-0.2, 0) is 4.79 Å². The maximum Gasteiger partial charge on any atom is 0.265 e. The van der Waals surface area contributed by atoms with Gasteiger partial charge in [-0.3, -0.25) is 14.2 Å². The number of aromatic nitrogens is 2. The fraction of sp³-hybridized carbons (Fsp3) is 0.0500. The zero-order valence-corrected chi connectivity index (χ0v) is 14.5. The first-order valence-corrected chi connectivity index (χ1v) is 8.13. The van der Waals surface area contributed by atoms with Crippen LogP contribution < -0.4 is 11.1 Å². The number of amides is 1. The number of carbonyl (C=O) groups excluding carboxylic acids is 2. The van der Waals surface area contributed by atoms with Crippen molar-refractivity contribution in [1.82, 2.24) is 14.9 Å². The lowest BCUT2D eigenvalue weighted by Gasteiger charge is -2.14. The lowest BCUT2D eigenvalue weighted by atomic mass is 9.92. The number of benzene rings is 2. The third kappa shape index (κ3) is 3.77. The molecule has 0 aliphatic carbocycles. The van der Waals surface area contributed by atoms with E-state index in [4.69, 9.17) is 5.73 Å². The number of nitrogen functional groups attached to an aromatic ring is 1. The van der Waals surface area contributed by atoms with E-state index in [1.165, 1.54) is 48.3 Å². The van der Waals surface area contributed by atoms with Gasteiger partial charge < -0.3 is 11.1 Å². The first-order valence-electron chi connectivity index (χ1n) is 8.13. The molecule has 0 unspecified atom stereocenters. The number of carbonyl (C=O) groups is 2. The maximum absolute atomic E-state index is 14.0. The van der Waals surface area contributed by atoms with E-state index in [9.17, 15) is 14.0 Å². The molecule has 2 aromatic carbocycles. The van der Waals surface area contributed by atoms with Crippen LogP contribution in [0.3, 0.4) is 0 Å². The molecule has 0 saturated carbocycles. The van der Waals surface area contributed by atoms with E-state index < -0.39 is 11.7 Å².